The van der Waals surface area contributed by atoms with Crippen molar-refractivity contribution in [3.8, 4) is 0 Å². The van der Waals surface area contributed by atoms with E-state index in [-0.39, 0.29) is 9.79 Å². The molecular formula is C18H21N5O2S. The van der Waals surface area contributed by atoms with E-state index in [0.717, 1.165) is 23.4 Å². The molecule has 0 amide bonds. The minimum Gasteiger partial charge on any atom is -0.370 e. The lowest BCUT2D eigenvalue weighted by Crippen LogP contribution is -2.35. The molecule has 1 atom stereocenters. The van der Waals surface area contributed by atoms with Gasteiger partial charge in [0.05, 0.1) is 10.6 Å². The molecule has 0 aliphatic carbocycles. The Morgan fingerprint density at radius 3 is 2.69 bits per heavy atom. The van der Waals surface area contributed by atoms with Gasteiger partial charge in [0.15, 0.2) is 16.4 Å². The van der Waals surface area contributed by atoms with Crippen LogP contribution in [0.5, 0.6) is 0 Å². The third kappa shape index (κ3) is 2.48. The maximum Gasteiger partial charge on any atom is 0.214 e. The highest BCUT2D eigenvalue weighted by molar-refractivity contribution is 7.91. The number of benzene rings is 1. The van der Waals surface area contributed by atoms with Gasteiger partial charge < -0.3 is 10.6 Å². The van der Waals surface area contributed by atoms with Crippen LogP contribution in [0.4, 0.5) is 5.82 Å². The predicted molar refractivity (Wildman–Crippen MR) is 99.2 cm³/mol. The van der Waals surface area contributed by atoms with Gasteiger partial charge in [-0.25, -0.2) is 17.9 Å². The summed E-state index contributed by atoms with van der Waals surface area (Å²) in [6.45, 7) is 4.69. The molecule has 0 bridgehead atoms. The molecule has 3 aromatic rings. The third-order valence-electron chi connectivity index (χ3n) is 4.82. The van der Waals surface area contributed by atoms with Gasteiger partial charge in [0, 0.05) is 25.3 Å². The number of rotatable bonds is 3. The molecule has 1 aliphatic rings. The lowest BCUT2D eigenvalue weighted by Gasteiger charge is -2.24. The van der Waals surface area contributed by atoms with Gasteiger partial charge in [0.2, 0.25) is 9.84 Å². The van der Waals surface area contributed by atoms with Crippen LogP contribution in [0.1, 0.15) is 23.9 Å². The molecule has 1 unspecified atom stereocenters. The highest BCUT2D eigenvalue weighted by atomic mass is 32.2. The van der Waals surface area contributed by atoms with Crippen molar-refractivity contribution in [3.63, 3.8) is 0 Å². The molecule has 1 aliphatic heterocycles. The van der Waals surface area contributed by atoms with Gasteiger partial charge in [-0.2, -0.15) is 0 Å². The largest absolute Gasteiger partial charge is 0.370 e. The first-order valence-electron chi connectivity index (χ1n) is 8.56. The second-order valence-electron chi connectivity index (χ2n) is 6.59. The zero-order valence-electron chi connectivity index (χ0n) is 14.9. The molecule has 136 valence electrons. The standard InChI is InChI=1S/C18H21N5O2S/c1-11-9-14-12(2)21-18-16(26(24,25)13-7-5-4-6-8-13)17(19-3)22-23(18)15(14)10-20-11/h4-8,11,20H,9-10H2,1-3H3,(H,19,22). The summed E-state index contributed by atoms with van der Waals surface area (Å²) in [5, 5.41) is 10.9. The highest BCUT2D eigenvalue weighted by Gasteiger charge is 2.31. The Kier molecular flexibility index (Phi) is 3.96. The molecule has 0 saturated heterocycles. The molecule has 4 rings (SSSR count). The first kappa shape index (κ1) is 17.0. The fraction of sp³-hybridized carbons (Fsp3) is 0.333. The summed E-state index contributed by atoms with van der Waals surface area (Å²) in [5.74, 6) is 0.313. The lowest BCUT2D eigenvalue weighted by atomic mass is 9.99. The molecular weight excluding hydrogens is 350 g/mol. The number of aromatic nitrogens is 3. The molecule has 0 radical (unpaired) electrons. The topological polar surface area (TPSA) is 88.4 Å². The van der Waals surface area contributed by atoms with Crippen molar-refractivity contribution >= 4 is 21.3 Å². The molecule has 1 aromatic carbocycles. The number of aryl methyl sites for hydroxylation is 1. The quantitative estimate of drug-likeness (QED) is 0.732. The van der Waals surface area contributed by atoms with E-state index in [1.54, 1.807) is 41.9 Å². The average molecular weight is 371 g/mol. The minimum absolute atomic E-state index is 0.121. The van der Waals surface area contributed by atoms with Gasteiger partial charge >= 0.3 is 0 Å². The summed E-state index contributed by atoms with van der Waals surface area (Å²) in [7, 11) is -2.08. The van der Waals surface area contributed by atoms with Gasteiger partial charge in [0.25, 0.3) is 0 Å². The Balaban J connectivity index is 2.04. The van der Waals surface area contributed by atoms with Crippen molar-refractivity contribution in [1.82, 2.24) is 19.9 Å². The Hall–Kier alpha value is -2.45. The maximum absolute atomic E-state index is 13.3. The molecule has 0 saturated carbocycles. The van der Waals surface area contributed by atoms with Gasteiger partial charge in [-0.15, -0.1) is 5.10 Å². The summed E-state index contributed by atoms with van der Waals surface area (Å²) >= 11 is 0. The first-order valence-corrected chi connectivity index (χ1v) is 10.0. The zero-order valence-corrected chi connectivity index (χ0v) is 15.8. The minimum atomic E-state index is -3.75. The molecule has 2 N–H and O–H groups in total. The second-order valence-corrected chi connectivity index (χ2v) is 8.47. The lowest BCUT2D eigenvalue weighted by molar-refractivity contribution is 0.492. The van der Waals surface area contributed by atoms with Crippen LogP contribution in [0.2, 0.25) is 0 Å². The number of nitrogens with one attached hydrogen (secondary N) is 2. The number of fused-ring (bicyclic) bond motifs is 3. The van der Waals surface area contributed by atoms with Gasteiger partial charge in [-0.1, -0.05) is 18.2 Å². The van der Waals surface area contributed by atoms with Gasteiger partial charge in [0.1, 0.15) is 0 Å². The first-order chi connectivity index (χ1) is 12.4. The normalized spacial score (nSPS) is 17.3. The summed E-state index contributed by atoms with van der Waals surface area (Å²) in [6, 6.07) is 8.75. The predicted octanol–water partition coefficient (Wildman–Crippen LogP) is 1.95. The Labute approximate surface area is 152 Å². The zero-order chi connectivity index (χ0) is 18.5. The summed E-state index contributed by atoms with van der Waals surface area (Å²) in [5.41, 5.74) is 3.33. The van der Waals surface area contributed by atoms with E-state index < -0.39 is 9.84 Å². The number of sulfone groups is 1. The monoisotopic (exact) mass is 371 g/mol. The Morgan fingerprint density at radius 2 is 2.00 bits per heavy atom. The number of anilines is 1. The van der Waals surface area contributed by atoms with Gasteiger partial charge in [-0.05, 0) is 38.0 Å². The van der Waals surface area contributed by atoms with Crippen LogP contribution in [-0.2, 0) is 22.8 Å². The van der Waals surface area contributed by atoms with E-state index in [1.165, 1.54) is 0 Å². The smallest absolute Gasteiger partial charge is 0.214 e. The van der Waals surface area contributed by atoms with Crippen LogP contribution in [0.15, 0.2) is 40.1 Å². The average Bonchev–Trinajstić information content (AvgIpc) is 3.02. The molecule has 0 fully saturated rings. The van der Waals surface area contributed by atoms with Crippen molar-refractivity contribution in [2.24, 2.45) is 0 Å². The summed E-state index contributed by atoms with van der Waals surface area (Å²) in [6.07, 6.45) is 0.847. The maximum atomic E-state index is 13.3. The molecule has 7 nitrogen and oxygen atoms in total. The SMILES string of the molecule is CNc1nn2c3c(c(C)nc2c1S(=O)(=O)c1ccccc1)CC(C)NC3. The van der Waals surface area contributed by atoms with Crippen molar-refractivity contribution in [3.05, 3.63) is 47.3 Å². The van der Waals surface area contributed by atoms with Crippen LogP contribution in [-0.4, -0.2) is 36.1 Å². The molecule has 3 heterocycles. The van der Waals surface area contributed by atoms with Crippen molar-refractivity contribution in [2.45, 2.75) is 42.6 Å². The Morgan fingerprint density at radius 1 is 1.27 bits per heavy atom. The van der Waals surface area contributed by atoms with Crippen molar-refractivity contribution < 1.29 is 8.42 Å². The Bertz CT molecular complexity index is 1090. The highest BCUT2D eigenvalue weighted by Crippen LogP contribution is 2.32. The fourth-order valence-electron chi connectivity index (χ4n) is 3.47. The van der Waals surface area contributed by atoms with Crippen LogP contribution in [0.25, 0.3) is 5.65 Å². The van der Waals surface area contributed by atoms with Crippen LogP contribution in [0, 0.1) is 6.92 Å². The van der Waals surface area contributed by atoms with Crippen LogP contribution < -0.4 is 10.6 Å². The van der Waals surface area contributed by atoms with Crippen LogP contribution >= 0.6 is 0 Å². The number of hydrogen-bond acceptors (Lipinski definition) is 6. The number of nitrogens with zero attached hydrogens (tertiary/aromatic N) is 3. The third-order valence-corrected chi connectivity index (χ3v) is 6.63. The summed E-state index contributed by atoms with van der Waals surface area (Å²) < 4.78 is 28.2. The van der Waals surface area contributed by atoms with Crippen LogP contribution in [0.3, 0.4) is 0 Å². The van der Waals surface area contributed by atoms with E-state index in [1.807, 2.05) is 6.92 Å². The van der Waals surface area contributed by atoms with Gasteiger partial charge in [-0.3, -0.25) is 0 Å². The van der Waals surface area contributed by atoms with E-state index in [2.05, 4.69) is 27.6 Å². The second kappa shape index (κ2) is 6.07. The van der Waals surface area contributed by atoms with E-state index in [4.69, 9.17) is 0 Å². The molecule has 26 heavy (non-hydrogen) atoms. The van der Waals surface area contributed by atoms with E-state index in [0.29, 0.717) is 24.1 Å². The fourth-order valence-corrected chi connectivity index (χ4v) is 4.99. The van der Waals surface area contributed by atoms with E-state index >= 15 is 0 Å². The number of hydrogen-bond donors (Lipinski definition) is 2. The van der Waals surface area contributed by atoms with E-state index in [9.17, 15) is 8.42 Å². The van der Waals surface area contributed by atoms with Crippen molar-refractivity contribution in [2.75, 3.05) is 12.4 Å². The molecule has 0 spiro atoms. The van der Waals surface area contributed by atoms with Crippen molar-refractivity contribution in [1.29, 1.82) is 0 Å². The summed E-state index contributed by atoms with van der Waals surface area (Å²) in [4.78, 5) is 4.99. The molecule has 2 aromatic heterocycles. The molecule has 8 heteroatoms.